The summed E-state index contributed by atoms with van der Waals surface area (Å²) < 4.78 is 27.4. The number of nitrogens with zero attached hydrogens (tertiary/aromatic N) is 2. The van der Waals surface area contributed by atoms with Gasteiger partial charge in [0.25, 0.3) is 0 Å². The fourth-order valence-corrected chi connectivity index (χ4v) is 5.92. The second kappa shape index (κ2) is 19.3. The molecular weight excluding hydrogens is 685 g/mol. The van der Waals surface area contributed by atoms with E-state index in [1.807, 2.05) is 26.0 Å². The molecule has 0 saturated carbocycles. The Hall–Kier alpha value is -3.87. The molecule has 4 heterocycles. The van der Waals surface area contributed by atoms with Crippen molar-refractivity contribution in [3.05, 3.63) is 94.3 Å². The first-order valence-corrected chi connectivity index (χ1v) is 16.0. The van der Waals surface area contributed by atoms with E-state index in [0.29, 0.717) is 59.4 Å². The van der Waals surface area contributed by atoms with Gasteiger partial charge in [-0.05, 0) is 101 Å². The van der Waals surface area contributed by atoms with E-state index >= 15 is 0 Å². The van der Waals surface area contributed by atoms with Gasteiger partial charge in [0, 0.05) is 37.6 Å². The van der Waals surface area contributed by atoms with Crippen LogP contribution in [0.15, 0.2) is 60.9 Å². The molecule has 0 spiro atoms. The first kappa shape index (κ1) is 42.5. The van der Waals surface area contributed by atoms with E-state index in [0.717, 1.165) is 27.8 Å². The van der Waals surface area contributed by atoms with E-state index in [9.17, 15) is 19.6 Å². The number of carbonyl (C=O) groups is 2. The number of carboxylic acids is 1. The van der Waals surface area contributed by atoms with E-state index in [1.165, 1.54) is 0 Å². The number of ether oxygens (including phenoxy) is 3. The number of hydrogen-bond donors (Lipinski definition) is 5. The fourth-order valence-electron chi connectivity index (χ4n) is 5.92. The van der Waals surface area contributed by atoms with Crippen LogP contribution in [0.1, 0.15) is 65.4 Å². The van der Waals surface area contributed by atoms with Crippen molar-refractivity contribution in [2.75, 3.05) is 6.61 Å². The van der Waals surface area contributed by atoms with E-state index in [2.05, 4.69) is 9.97 Å². The van der Waals surface area contributed by atoms with Crippen molar-refractivity contribution in [1.82, 2.24) is 9.97 Å². The molecule has 2 aliphatic heterocycles. The van der Waals surface area contributed by atoms with Crippen molar-refractivity contribution in [3.63, 3.8) is 0 Å². The Balaban J connectivity index is 0.000000271. The Morgan fingerprint density at radius 2 is 1.23 bits per heavy atom. The average Bonchev–Trinajstić information content (AvgIpc) is 3.56. The van der Waals surface area contributed by atoms with Gasteiger partial charge in [-0.2, -0.15) is 0 Å². The van der Waals surface area contributed by atoms with E-state index in [1.54, 1.807) is 55.7 Å². The minimum Gasteiger partial charge on any atom is -0.870 e. The summed E-state index contributed by atoms with van der Waals surface area (Å²) in [5, 5.41) is 29.3. The summed E-state index contributed by atoms with van der Waals surface area (Å²) in [5.41, 5.74) is 17.3. The molecule has 268 valence electrons. The third-order valence-electron chi connectivity index (χ3n) is 8.08. The molecule has 0 saturated heterocycles. The molecule has 2 aliphatic rings. The number of rotatable bonds is 11. The molecular formula is C34H39B2N4NaO11. The van der Waals surface area contributed by atoms with Gasteiger partial charge in [0.1, 0.15) is 11.5 Å². The molecule has 0 amide bonds. The quantitative estimate of drug-likeness (QED) is 0.0925. The second-order valence-corrected chi connectivity index (χ2v) is 11.7. The summed E-state index contributed by atoms with van der Waals surface area (Å²) in [6.07, 6.45) is 1.89. The molecule has 2 aromatic heterocycles. The number of pyridine rings is 2. The van der Waals surface area contributed by atoms with E-state index < -0.39 is 32.4 Å². The molecule has 0 fully saturated rings. The first-order chi connectivity index (χ1) is 24.0. The topological polar surface area (TPSA) is 249 Å². The van der Waals surface area contributed by atoms with Crippen molar-refractivity contribution in [2.24, 2.45) is 11.5 Å². The van der Waals surface area contributed by atoms with Gasteiger partial charge in [-0.1, -0.05) is 0 Å². The third-order valence-corrected chi connectivity index (χ3v) is 8.08. The van der Waals surface area contributed by atoms with E-state index in [-0.39, 0.29) is 53.8 Å². The van der Waals surface area contributed by atoms with Crippen LogP contribution < -0.4 is 61.4 Å². The minimum atomic E-state index is -1.17. The maximum absolute atomic E-state index is 11.8. The standard InChI is InChI=1S/C18H21BN2O5.C16H17BN2O5.Na.H2O/c1-3-24-17(22)9-15-18-11(2)6-13(8-14(18)19(23)26-15)25-16-7-12(10-20)4-5-21-16;1-9-4-11(23-14-5-10(8-18)2-3-19-14)6-12-16(9)13(7-15(20)21)24-17(12)22;;/h4-8,15,23H,3,9-10,20H2,1-2H3;2-6,13,22H,7-8,18H2,1H3,(H,20,21);;1H2/q;;+1;/p-1. The van der Waals surface area contributed by atoms with Crippen LogP contribution >= 0.6 is 0 Å². The summed E-state index contributed by atoms with van der Waals surface area (Å²) in [5.74, 6) is 0.494. The number of aryl methyl sites for hydroxylation is 2. The monoisotopic (exact) mass is 724 g/mol. The van der Waals surface area contributed by atoms with Gasteiger partial charge >= 0.3 is 55.7 Å². The van der Waals surface area contributed by atoms with Crippen LogP contribution in [0, 0.1) is 13.8 Å². The molecule has 0 radical (unpaired) electrons. The Labute approximate surface area is 323 Å². The predicted molar refractivity (Wildman–Crippen MR) is 185 cm³/mol. The number of carbonyl (C=O) groups excluding carboxylic acids is 1. The van der Waals surface area contributed by atoms with Crippen LogP contribution in [0.4, 0.5) is 0 Å². The second-order valence-electron chi connectivity index (χ2n) is 11.7. The van der Waals surface area contributed by atoms with Crippen LogP contribution in [-0.2, 0) is 36.7 Å². The van der Waals surface area contributed by atoms with Crippen molar-refractivity contribution < 1.29 is 83.3 Å². The van der Waals surface area contributed by atoms with Gasteiger partial charge in [0.15, 0.2) is 0 Å². The average molecular weight is 724 g/mol. The number of esters is 1. The molecule has 8 N–H and O–H groups in total. The maximum atomic E-state index is 11.8. The fraction of sp³-hybridized carbons (Fsp3) is 0.294. The summed E-state index contributed by atoms with van der Waals surface area (Å²) >= 11 is 0. The third kappa shape index (κ3) is 10.4. The number of fused-ring (bicyclic) bond motifs is 2. The number of hydrogen-bond acceptors (Lipinski definition) is 14. The summed E-state index contributed by atoms with van der Waals surface area (Å²) in [6.45, 7) is 6.54. The van der Waals surface area contributed by atoms with Gasteiger partial charge in [-0.3, -0.25) is 9.59 Å². The molecule has 2 aromatic carbocycles. The molecule has 15 nitrogen and oxygen atoms in total. The van der Waals surface area contributed by atoms with Crippen molar-refractivity contribution in [3.8, 4) is 23.3 Å². The maximum Gasteiger partial charge on any atom is 1.00 e. The van der Waals surface area contributed by atoms with Gasteiger partial charge < -0.3 is 55.6 Å². The Morgan fingerprint density at radius 3 is 1.63 bits per heavy atom. The first-order valence-electron chi connectivity index (χ1n) is 16.0. The van der Waals surface area contributed by atoms with Crippen LogP contribution in [0.25, 0.3) is 0 Å². The van der Waals surface area contributed by atoms with Gasteiger partial charge in [0.2, 0.25) is 11.8 Å². The molecule has 18 heteroatoms. The van der Waals surface area contributed by atoms with Gasteiger partial charge in [0.05, 0.1) is 31.7 Å². The summed E-state index contributed by atoms with van der Waals surface area (Å²) in [4.78, 5) is 31.0. The number of benzene rings is 2. The smallest absolute Gasteiger partial charge is 0.870 e. The summed E-state index contributed by atoms with van der Waals surface area (Å²) in [7, 11) is -2.29. The molecule has 0 aliphatic carbocycles. The number of carboxylic acid groups (broad SMARTS) is 1. The van der Waals surface area contributed by atoms with Crippen LogP contribution in [-0.4, -0.2) is 63.4 Å². The molecule has 2 unspecified atom stereocenters. The zero-order valence-electron chi connectivity index (χ0n) is 29.3. The molecule has 4 aromatic rings. The largest absolute Gasteiger partial charge is 1.00 e. The Kier molecular flexibility index (Phi) is 15.8. The number of aromatic nitrogens is 2. The molecule has 0 bridgehead atoms. The van der Waals surface area contributed by atoms with Crippen LogP contribution in [0.3, 0.4) is 0 Å². The normalized spacial score (nSPS) is 15.3. The predicted octanol–water partition coefficient (Wildman–Crippen LogP) is -0.945. The zero-order chi connectivity index (χ0) is 35.9. The SMILES string of the molecule is CCOC(=O)CC1OB(O)c2cc(Oc3cc(CN)ccn3)cc(C)c21.Cc1cc(Oc2cc(CN)ccn2)cc2c1C(CC(=O)O)OB2O.[Na+].[OH-]. The van der Waals surface area contributed by atoms with Crippen LogP contribution in [0.2, 0.25) is 0 Å². The van der Waals surface area contributed by atoms with Crippen LogP contribution in [0.5, 0.6) is 23.3 Å². The van der Waals surface area contributed by atoms with E-state index in [4.69, 9.17) is 40.1 Å². The summed E-state index contributed by atoms with van der Waals surface area (Å²) in [6, 6.07) is 14.1. The van der Waals surface area contributed by atoms with Gasteiger partial charge in [-0.15, -0.1) is 0 Å². The molecule has 52 heavy (non-hydrogen) atoms. The Morgan fingerprint density at radius 1 is 0.788 bits per heavy atom. The van der Waals surface area contributed by atoms with Gasteiger partial charge in [-0.25, -0.2) is 9.97 Å². The zero-order valence-corrected chi connectivity index (χ0v) is 31.3. The number of aliphatic carboxylic acids is 1. The van der Waals surface area contributed by atoms with Crippen molar-refractivity contribution >= 4 is 37.1 Å². The van der Waals surface area contributed by atoms with Crippen molar-refractivity contribution in [2.45, 2.75) is 58.9 Å². The molecule has 2 atom stereocenters. The van der Waals surface area contributed by atoms with Crippen molar-refractivity contribution in [1.29, 1.82) is 0 Å². The number of nitrogens with two attached hydrogens (primary N) is 2. The molecule has 6 rings (SSSR count). The minimum absolute atomic E-state index is 0. The Bertz CT molecular complexity index is 1870.